The van der Waals surface area contributed by atoms with E-state index in [2.05, 4.69) is 17.1 Å². The van der Waals surface area contributed by atoms with Crippen molar-refractivity contribution in [2.45, 2.75) is 26.3 Å². The molecule has 4 heteroatoms. The maximum Gasteiger partial charge on any atom is 0.129 e. The van der Waals surface area contributed by atoms with Crippen LogP contribution < -0.4 is 5.32 Å². The van der Waals surface area contributed by atoms with E-state index in [1.165, 1.54) is 6.07 Å². The Bertz CT molecular complexity index is 417. The lowest BCUT2D eigenvalue weighted by Crippen LogP contribution is -2.45. The van der Waals surface area contributed by atoms with Crippen molar-refractivity contribution in [2.24, 2.45) is 0 Å². The molecule has 0 spiro atoms. The Morgan fingerprint density at radius 1 is 1.39 bits per heavy atom. The molecule has 18 heavy (non-hydrogen) atoms. The van der Waals surface area contributed by atoms with Gasteiger partial charge in [-0.1, -0.05) is 24.6 Å². The van der Waals surface area contributed by atoms with E-state index in [0.717, 1.165) is 38.2 Å². The van der Waals surface area contributed by atoms with Gasteiger partial charge in [-0.15, -0.1) is 0 Å². The highest BCUT2D eigenvalue weighted by Crippen LogP contribution is 2.34. The molecule has 2 nitrogen and oxygen atoms in total. The number of hydrogen-bond acceptors (Lipinski definition) is 2. The number of hydrogen-bond donors (Lipinski definition) is 1. The number of rotatable bonds is 3. The molecule has 1 aromatic rings. The van der Waals surface area contributed by atoms with Gasteiger partial charge < -0.3 is 5.32 Å². The van der Waals surface area contributed by atoms with Gasteiger partial charge in [-0.3, -0.25) is 4.90 Å². The fraction of sp³-hybridized carbons (Fsp3) is 0.571. The SMILES string of the molecule is CC[C@@H](c1c(F)ccc(C)c1Cl)N1CCNCC1. The van der Waals surface area contributed by atoms with Crippen LogP contribution in [0.1, 0.15) is 30.5 Å². The Morgan fingerprint density at radius 3 is 2.67 bits per heavy atom. The molecule has 0 radical (unpaired) electrons. The van der Waals surface area contributed by atoms with Crippen LogP contribution in [0.25, 0.3) is 0 Å². The van der Waals surface area contributed by atoms with Crippen molar-refractivity contribution in [1.82, 2.24) is 10.2 Å². The first-order valence-corrected chi connectivity index (χ1v) is 6.92. The van der Waals surface area contributed by atoms with Gasteiger partial charge in [-0.05, 0) is 25.0 Å². The number of benzene rings is 1. The molecule has 1 N–H and O–H groups in total. The van der Waals surface area contributed by atoms with Crippen LogP contribution in [0, 0.1) is 12.7 Å². The van der Waals surface area contributed by atoms with Gasteiger partial charge >= 0.3 is 0 Å². The number of halogens is 2. The Morgan fingerprint density at radius 2 is 2.06 bits per heavy atom. The third-order valence-electron chi connectivity index (χ3n) is 3.63. The Kier molecular flexibility index (Phi) is 4.60. The predicted molar refractivity (Wildman–Crippen MR) is 73.6 cm³/mol. The summed E-state index contributed by atoms with van der Waals surface area (Å²) < 4.78 is 14.1. The van der Waals surface area contributed by atoms with Gasteiger partial charge in [0, 0.05) is 37.8 Å². The van der Waals surface area contributed by atoms with Gasteiger partial charge in [0.2, 0.25) is 0 Å². The Balaban J connectivity index is 2.34. The molecule has 0 unspecified atom stereocenters. The molecular formula is C14H20ClFN2. The summed E-state index contributed by atoms with van der Waals surface area (Å²) in [6.45, 7) is 7.83. The van der Waals surface area contributed by atoms with Gasteiger partial charge in [0.15, 0.2) is 0 Å². The molecule has 1 fully saturated rings. The fourth-order valence-electron chi connectivity index (χ4n) is 2.62. The topological polar surface area (TPSA) is 15.3 Å². The lowest BCUT2D eigenvalue weighted by atomic mass is 9.99. The molecular weight excluding hydrogens is 251 g/mol. The molecule has 1 heterocycles. The molecule has 0 aromatic heterocycles. The summed E-state index contributed by atoms with van der Waals surface area (Å²) >= 11 is 6.31. The molecule has 1 aliphatic heterocycles. The minimum absolute atomic E-state index is 0.0829. The summed E-state index contributed by atoms with van der Waals surface area (Å²) in [7, 11) is 0. The van der Waals surface area contributed by atoms with Gasteiger partial charge in [-0.2, -0.15) is 0 Å². The summed E-state index contributed by atoms with van der Waals surface area (Å²) in [5.74, 6) is -0.184. The molecule has 0 bridgehead atoms. The summed E-state index contributed by atoms with van der Waals surface area (Å²) in [6, 6.07) is 3.35. The highest BCUT2D eigenvalue weighted by molar-refractivity contribution is 6.32. The van der Waals surface area contributed by atoms with Gasteiger partial charge in [0.05, 0.1) is 5.02 Å². The standard InChI is InChI=1S/C14H20ClFN2/c1-3-12(18-8-6-17-7-9-18)13-11(16)5-4-10(2)14(13)15/h4-5,12,17H,3,6-9H2,1-2H3/t12-/m0/s1. The van der Waals surface area contributed by atoms with Crippen LogP contribution in [-0.2, 0) is 0 Å². The van der Waals surface area contributed by atoms with Crippen molar-refractivity contribution < 1.29 is 4.39 Å². The van der Waals surface area contributed by atoms with E-state index >= 15 is 0 Å². The molecule has 1 saturated heterocycles. The molecule has 1 aromatic carbocycles. The van der Waals surface area contributed by atoms with Crippen molar-refractivity contribution in [3.05, 3.63) is 34.1 Å². The summed E-state index contributed by atoms with van der Waals surface area (Å²) in [5, 5.41) is 3.90. The maximum atomic E-state index is 14.1. The van der Waals surface area contributed by atoms with E-state index in [1.807, 2.05) is 6.92 Å². The first-order valence-electron chi connectivity index (χ1n) is 6.54. The fourth-order valence-corrected chi connectivity index (χ4v) is 2.90. The molecule has 1 aliphatic rings. The normalized spacial score (nSPS) is 18.9. The van der Waals surface area contributed by atoms with Crippen molar-refractivity contribution in [1.29, 1.82) is 0 Å². The lowest BCUT2D eigenvalue weighted by Gasteiger charge is -2.35. The van der Waals surface area contributed by atoms with Crippen LogP contribution in [0.4, 0.5) is 4.39 Å². The highest BCUT2D eigenvalue weighted by Gasteiger charge is 2.25. The molecule has 100 valence electrons. The van der Waals surface area contributed by atoms with E-state index in [4.69, 9.17) is 11.6 Å². The van der Waals surface area contributed by atoms with Crippen LogP contribution in [0.5, 0.6) is 0 Å². The number of nitrogens with one attached hydrogen (secondary N) is 1. The number of aryl methyl sites for hydroxylation is 1. The average molecular weight is 271 g/mol. The average Bonchev–Trinajstić information content (AvgIpc) is 2.40. The van der Waals surface area contributed by atoms with Crippen molar-refractivity contribution in [3.8, 4) is 0 Å². The van der Waals surface area contributed by atoms with E-state index in [0.29, 0.717) is 10.6 Å². The second kappa shape index (κ2) is 6.00. The van der Waals surface area contributed by atoms with Crippen molar-refractivity contribution in [3.63, 3.8) is 0 Å². The second-order valence-electron chi connectivity index (χ2n) is 4.80. The predicted octanol–water partition coefficient (Wildman–Crippen LogP) is 3.14. The van der Waals surface area contributed by atoms with E-state index < -0.39 is 0 Å². The maximum absolute atomic E-state index is 14.1. The summed E-state index contributed by atoms with van der Waals surface area (Å²) in [6.07, 6.45) is 0.875. The largest absolute Gasteiger partial charge is 0.314 e. The van der Waals surface area contributed by atoms with E-state index in [-0.39, 0.29) is 11.9 Å². The van der Waals surface area contributed by atoms with E-state index in [9.17, 15) is 4.39 Å². The number of piperazine rings is 1. The Labute approximate surface area is 113 Å². The molecule has 0 amide bonds. The minimum Gasteiger partial charge on any atom is -0.314 e. The van der Waals surface area contributed by atoms with Crippen molar-refractivity contribution >= 4 is 11.6 Å². The monoisotopic (exact) mass is 270 g/mol. The van der Waals surface area contributed by atoms with Crippen molar-refractivity contribution in [2.75, 3.05) is 26.2 Å². The van der Waals surface area contributed by atoms with Crippen LogP contribution >= 0.6 is 11.6 Å². The lowest BCUT2D eigenvalue weighted by molar-refractivity contribution is 0.166. The first-order chi connectivity index (χ1) is 8.65. The first kappa shape index (κ1) is 13.8. The summed E-state index contributed by atoms with van der Waals surface area (Å²) in [5.41, 5.74) is 1.61. The quantitative estimate of drug-likeness (QED) is 0.908. The zero-order chi connectivity index (χ0) is 13.1. The van der Waals surface area contributed by atoms with Crippen LogP contribution in [0.15, 0.2) is 12.1 Å². The van der Waals surface area contributed by atoms with Gasteiger partial charge in [-0.25, -0.2) is 4.39 Å². The zero-order valence-corrected chi connectivity index (χ0v) is 11.7. The third-order valence-corrected chi connectivity index (χ3v) is 4.13. The third kappa shape index (κ3) is 2.68. The van der Waals surface area contributed by atoms with Gasteiger partial charge in [0.25, 0.3) is 0 Å². The van der Waals surface area contributed by atoms with Crippen LogP contribution in [-0.4, -0.2) is 31.1 Å². The molecule has 0 saturated carbocycles. The van der Waals surface area contributed by atoms with Gasteiger partial charge in [0.1, 0.15) is 5.82 Å². The smallest absolute Gasteiger partial charge is 0.129 e. The highest BCUT2D eigenvalue weighted by atomic mass is 35.5. The minimum atomic E-state index is -0.184. The summed E-state index contributed by atoms with van der Waals surface area (Å²) in [4.78, 5) is 2.32. The number of nitrogens with zero attached hydrogens (tertiary/aromatic N) is 1. The molecule has 1 atom stereocenters. The zero-order valence-electron chi connectivity index (χ0n) is 11.0. The van der Waals surface area contributed by atoms with E-state index in [1.54, 1.807) is 6.07 Å². The van der Waals surface area contributed by atoms with Crippen LogP contribution in [0.3, 0.4) is 0 Å². The Hall–Kier alpha value is -0.640. The second-order valence-corrected chi connectivity index (χ2v) is 5.18. The van der Waals surface area contributed by atoms with Crippen LogP contribution in [0.2, 0.25) is 5.02 Å². The molecule has 0 aliphatic carbocycles. The molecule has 2 rings (SSSR count).